The molecule has 0 saturated carbocycles. The van der Waals surface area contributed by atoms with E-state index in [4.69, 9.17) is 17.3 Å². The third kappa shape index (κ3) is 2.24. The number of hydrogen-bond acceptors (Lipinski definition) is 4. The van der Waals surface area contributed by atoms with Gasteiger partial charge in [0.15, 0.2) is 5.78 Å². The molecule has 0 amide bonds. The lowest BCUT2D eigenvalue weighted by molar-refractivity contribution is -0.385. The fourth-order valence-corrected chi connectivity index (χ4v) is 1.50. The van der Waals surface area contributed by atoms with E-state index in [0.717, 1.165) is 6.07 Å². The van der Waals surface area contributed by atoms with Gasteiger partial charge in [0.1, 0.15) is 0 Å². The van der Waals surface area contributed by atoms with E-state index in [0.29, 0.717) is 5.56 Å². The van der Waals surface area contributed by atoms with Crippen LogP contribution in [0.5, 0.6) is 0 Å². The highest BCUT2D eigenvalue weighted by molar-refractivity contribution is 6.31. The van der Waals surface area contributed by atoms with Crippen molar-refractivity contribution in [2.45, 2.75) is 6.92 Å². The van der Waals surface area contributed by atoms with Crippen LogP contribution in [0, 0.1) is 17.0 Å². The number of rotatable bonds is 3. The van der Waals surface area contributed by atoms with Gasteiger partial charge in [-0.1, -0.05) is 0 Å². The number of nitro benzene ring substituents is 1. The van der Waals surface area contributed by atoms with E-state index in [9.17, 15) is 14.9 Å². The summed E-state index contributed by atoms with van der Waals surface area (Å²) >= 11 is 5.37. The first kappa shape index (κ1) is 11.5. The summed E-state index contributed by atoms with van der Waals surface area (Å²) in [4.78, 5) is 21.5. The summed E-state index contributed by atoms with van der Waals surface area (Å²) in [5.74, 6) is -0.758. The molecule has 5 nitrogen and oxygen atoms in total. The molecule has 80 valence electrons. The number of aryl methyl sites for hydroxylation is 1. The van der Waals surface area contributed by atoms with Crippen molar-refractivity contribution in [3.63, 3.8) is 0 Å². The van der Waals surface area contributed by atoms with Gasteiger partial charge in [-0.05, 0) is 18.6 Å². The van der Waals surface area contributed by atoms with E-state index < -0.39 is 10.7 Å². The fourth-order valence-electron chi connectivity index (χ4n) is 1.37. The molecule has 0 fully saturated rings. The normalized spacial score (nSPS) is 10.0. The van der Waals surface area contributed by atoms with Crippen molar-refractivity contribution in [3.8, 4) is 0 Å². The number of alkyl halides is 1. The van der Waals surface area contributed by atoms with Crippen LogP contribution in [0.15, 0.2) is 12.1 Å². The smallest absolute Gasteiger partial charge is 0.282 e. The highest BCUT2D eigenvalue weighted by Crippen LogP contribution is 2.26. The third-order valence-electron chi connectivity index (χ3n) is 1.93. The summed E-state index contributed by atoms with van der Waals surface area (Å²) in [5.41, 5.74) is 5.92. The van der Waals surface area contributed by atoms with Crippen LogP contribution in [-0.2, 0) is 0 Å². The molecule has 0 unspecified atom stereocenters. The number of benzene rings is 1. The van der Waals surface area contributed by atoms with E-state index in [1.165, 1.54) is 6.07 Å². The Morgan fingerprint density at radius 2 is 2.20 bits per heavy atom. The Morgan fingerprint density at radius 1 is 1.60 bits per heavy atom. The molecule has 0 heterocycles. The van der Waals surface area contributed by atoms with Crippen LogP contribution < -0.4 is 5.73 Å². The molecule has 15 heavy (non-hydrogen) atoms. The third-order valence-corrected chi connectivity index (χ3v) is 2.18. The lowest BCUT2D eigenvalue weighted by Crippen LogP contribution is -2.08. The molecule has 0 bridgehead atoms. The zero-order valence-electron chi connectivity index (χ0n) is 7.99. The van der Waals surface area contributed by atoms with Crippen LogP contribution in [0.25, 0.3) is 0 Å². The van der Waals surface area contributed by atoms with Gasteiger partial charge in [0.05, 0.1) is 16.4 Å². The van der Waals surface area contributed by atoms with E-state index in [2.05, 4.69) is 0 Å². The molecule has 2 N–H and O–H groups in total. The molecular weight excluding hydrogens is 220 g/mol. The summed E-state index contributed by atoms with van der Waals surface area (Å²) in [6.07, 6.45) is 0. The molecule has 0 aliphatic carbocycles. The zero-order valence-corrected chi connectivity index (χ0v) is 8.75. The summed E-state index contributed by atoms with van der Waals surface area (Å²) in [7, 11) is 0. The minimum Gasteiger partial charge on any atom is -0.399 e. The van der Waals surface area contributed by atoms with Gasteiger partial charge >= 0.3 is 0 Å². The number of nitrogens with two attached hydrogens (primary N) is 1. The first-order chi connectivity index (χ1) is 6.97. The number of carbonyl (C=O) groups excluding carboxylic acids is 1. The number of nitrogen functional groups attached to an aromatic ring is 1. The molecule has 0 saturated heterocycles. The number of nitrogens with zero attached hydrogens (tertiary/aromatic N) is 1. The second-order valence-corrected chi connectivity index (χ2v) is 3.31. The molecule has 0 atom stereocenters. The van der Waals surface area contributed by atoms with Gasteiger partial charge in [-0.15, -0.1) is 11.6 Å². The molecule has 0 aliphatic heterocycles. The van der Waals surface area contributed by atoms with Crippen LogP contribution in [0.4, 0.5) is 11.4 Å². The quantitative estimate of drug-likeness (QED) is 0.281. The Kier molecular flexibility index (Phi) is 3.26. The van der Waals surface area contributed by atoms with Crippen molar-refractivity contribution in [3.05, 3.63) is 33.4 Å². The van der Waals surface area contributed by atoms with Crippen molar-refractivity contribution in [1.82, 2.24) is 0 Å². The number of halogens is 1. The second kappa shape index (κ2) is 4.27. The van der Waals surface area contributed by atoms with Crippen molar-refractivity contribution in [1.29, 1.82) is 0 Å². The molecular formula is C9H9ClN2O3. The highest BCUT2D eigenvalue weighted by Gasteiger charge is 2.22. The predicted octanol–water partition coefficient (Wildman–Crippen LogP) is 1.91. The topological polar surface area (TPSA) is 86.2 Å². The van der Waals surface area contributed by atoms with Gasteiger partial charge in [0.2, 0.25) is 0 Å². The summed E-state index contributed by atoms with van der Waals surface area (Å²) in [6.45, 7) is 1.59. The van der Waals surface area contributed by atoms with E-state index in [-0.39, 0.29) is 22.8 Å². The molecule has 0 aromatic heterocycles. The van der Waals surface area contributed by atoms with Crippen molar-refractivity contribution < 1.29 is 9.72 Å². The van der Waals surface area contributed by atoms with Crippen molar-refractivity contribution in [2.24, 2.45) is 0 Å². The van der Waals surface area contributed by atoms with Crippen LogP contribution >= 0.6 is 11.6 Å². The monoisotopic (exact) mass is 228 g/mol. The molecule has 1 rings (SSSR count). The van der Waals surface area contributed by atoms with Gasteiger partial charge in [-0.3, -0.25) is 14.9 Å². The van der Waals surface area contributed by atoms with Gasteiger partial charge < -0.3 is 5.73 Å². The molecule has 1 aromatic carbocycles. The summed E-state index contributed by atoms with van der Waals surface area (Å²) < 4.78 is 0. The standard InChI is InChI=1S/C9H9ClN2O3/c1-5-2-6(11)3-7(12(14)15)9(5)8(13)4-10/h2-3H,4,11H2,1H3. The number of nitro groups is 1. The Balaban J connectivity index is 3.46. The maximum atomic E-state index is 11.4. The summed E-state index contributed by atoms with van der Waals surface area (Å²) in [6, 6.07) is 2.67. The van der Waals surface area contributed by atoms with Crippen LogP contribution in [0.3, 0.4) is 0 Å². The van der Waals surface area contributed by atoms with E-state index in [1.807, 2.05) is 0 Å². The van der Waals surface area contributed by atoms with Gasteiger partial charge in [0, 0.05) is 11.8 Å². The average molecular weight is 229 g/mol. The number of ketones is 1. The number of Topliss-reactive ketones (excluding diaryl/α,β-unsaturated/α-hetero) is 1. The minimum absolute atomic E-state index is 0.0317. The second-order valence-electron chi connectivity index (χ2n) is 3.05. The van der Waals surface area contributed by atoms with Crippen molar-refractivity contribution in [2.75, 3.05) is 11.6 Å². The molecule has 6 heteroatoms. The van der Waals surface area contributed by atoms with Crippen molar-refractivity contribution >= 4 is 28.8 Å². The fraction of sp³-hybridized carbons (Fsp3) is 0.222. The molecule has 0 radical (unpaired) electrons. The van der Waals surface area contributed by atoms with Crippen LogP contribution in [0.2, 0.25) is 0 Å². The first-order valence-corrected chi connectivity index (χ1v) is 4.64. The Morgan fingerprint density at radius 3 is 2.67 bits per heavy atom. The summed E-state index contributed by atoms with van der Waals surface area (Å²) in [5, 5.41) is 10.7. The number of anilines is 1. The lowest BCUT2D eigenvalue weighted by atomic mass is 10.0. The highest BCUT2D eigenvalue weighted by atomic mass is 35.5. The Labute approximate surface area is 91.0 Å². The van der Waals surface area contributed by atoms with Crippen LogP contribution in [-0.4, -0.2) is 16.6 Å². The molecule has 0 spiro atoms. The first-order valence-electron chi connectivity index (χ1n) is 4.11. The zero-order chi connectivity index (χ0) is 11.6. The molecule has 0 aliphatic rings. The van der Waals surface area contributed by atoms with Gasteiger partial charge in [0.25, 0.3) is 5.69 Å². The van der Waals surface area contributed by atoms with Gasteiger partial charge in [-0.2, -0.15) is 0 Å². The SMILES string of the molecule is Cc1cc(N)cc([N+](=O)[O-])c1C(=O)CCl. The number of hydrogen-bond donors (Lipinski definition) is 1. The van der Waals surface area contributed by atoms with E-state index >= 15 is 0 Å². The van der Waals surface area contributed by atoms with Crippen LogP contribution in [0.1, 0.15) is 15.9 Å². The minimum atomic E-state index is -0.636. The molecule has 1 aromatic rings. The Hall–Kier alpha value is -1.62. The lowest BCUT2D eigenvalue weighted by Gasteiger charge is -2.05. The van der Waals surface area contributed by atoms with Gasteiger partial charge in [-0.25, -0.2) is 0 Å². The van der Waals surface area contributed by atoms with E-state index in [1.54, 1.807) is 6.92 Å². The maximum Gasteiger partial charge on any atom is 0.282 e. The Bertz CT molecular complexity index is 432. The maximum absolute atomic E-state index is 11.4. The number of carbonyl (C=O) groups is 1. The average Bonchev–Trinajstić information content (AvgIpc) is 2.15. The predicted molar refractivity (Wildman–Crippen MR) is 57.3 cm³/mol. The largest absolute Gasteiger partial charge is 0.399 e.